The third kappa shape index (κ3) is 3.82. The topological polar surface area (TPSA) is 51.2 Å². The number of anilines is 1. The summed E-state index contributed by atoms with van der Waals surface area (Å²) < 4.78 is 18.6. The van der Waals surface area contributed by atoms with E-state index >= 15 is 0 Å². The predicted molar refractivity (Wildman–Crippen MR) is 117 cm³/mol. The Morgan fingerprint density at radius 2 is 2.00 bits per heavy atom. The van der Waals surface area contributed by atoms with Gasteiger partial charge in [0.05, 0.1) is 25.4 Å². The lowest BCUT2D eigenvalue weighted by Gasteiger charge is -2.40. The van der Waals surface area contributed by atoms with Crippen molar-refractivity contribution in [3.63, 3.8) is 0 Å². The first kappa shape index (κ1) is 21.2. The number of benzene rings is 1. The second-order valence-electron chi connectivity index (χ2n) is 9.37. The minimum atomic E-state index is -1.82. The summed E-state index contributed by atoms with van der Waals surface area (Å²) in [4.78, 5) is 2.07. The lowest BCUT2D eigenvalue weighted by molar-refractivity contribution is 0.124. The minimum Gasteiger partial charge on any atom is -0.493 e. The average molecular weight is 406 g/mol. The van der Waals surface area contributed by atoms with Gasteiger partial charge in [0.2, 0.25) is 0 Å². The van der Waals surface area contributed by atoms with Gasteiger partial charge in [0.1, 0.15) is 6.10 Å². The Kier molecular flexibility index (Phi) is 5.85. The van der Waals surface area contributed by atoms with Crippen LogP contribution in [0.5, 0.6) is 11.5 Å². The van der Waals surface area contributed by atoms with Crippen LogP contribution in [-0.2, 0) is 4.43 Å². The normalized spacial score (nSPS) is 21.5. The summed E-state index contributed by atoms with van der Waals surface area (Å²) in [6.07, 6.45) is 4.23. The van der Waals surface area contributed by atoms with E-state index in [1.807, 2.05) is 13.1 Å². The number of ether oxygens (including phenoxy) is 2. The standard InChI is InChI=1S/C22H35NO4Si/c1-22(2,3)28(6,7)27-15-8-9-16-19(14-15)26-21-18(25-5)11-10-17(20(16)21)23(4)12-13-24/h9-11,15,19,24H,8,12-14H2,1-7H3. The molecule has 2 unspecified atom stereocenters. The van der Waals surface area contributed by atoms with Crippen molar-refractivity contribution in [3.8, 4) is 11.5 Å². The predicted octanol–water partition coefficient (Wildman–Crippen LogP) is 4.45. The first-order valence-corrected chi connectivity index (χ1v) is 13.1. The molecule has 0 radical (unpaired) electrons. The van der Waals surface area contributed by atoms with E-state index in [0.717, 1.165) is 35.6 Å². The molecular weight excluding hydrogens is 370 g/mol. The van der Waals surface area contributed by atoms with Crippen LogP contribution in [0.25, 0.3) is 5.57 Å². The van der Waals surface area contributed by atoms with E-state index in [4.69, 9.17) is 13.9 Å². The van der Waals surface area contributed by atoms with E-state index in [9.17, 15) is 5.11 Å². The van der Waals surface area contributed by atoms with Gasteiger partial charge in [0, 0.05) is 31.3 Å². The highest BCUT2D eigenvalue weighted by Gasteiger charge is 2.43. The maximum Gasteiger partial charge on any atom is 0.192 e. The van der Waals surface area contributed by atoms with Crippen LogP contribution in [0.3, 0.4) is 0 Å². The zero-order valence-corrected chi connectivity index (χ0v) is 19.3. The molecule has 5 nitrogen and oxygen atoms in total. The summed E-state index contributed by atoms with van der Waals surface area (Å²) >= 11 is 0. The highest BCUT2D eigenvalue weighted by molar-refractivity contribution is 6.74. The largest absolute Gasteiger partial charge is 0.493 e. The molecule has 1 heterocycles. The Labute approximate surface area is 170 Å². The molecule has 0 saturated carbocycles. The number of rotatable bonds is 6. The molecule has 156 valence electrons. The van der Waals surface area contributed by atoms with Gasteiger partial charge in [-0.25, -0.2) is 0 Å². The zero-order chi connectivity index (χ0) is 20.7. The molecule has 0 aromatic heterocycles. The highest BCUT2D eigenvalue weighted by atomic mass is 28.4. The first-order chi connectivity index (χ1) is 13.1. The van der Waals surface area contributed by atoms with E-state index in [1.165, 1.54) is 5.57 Å². The van der Waals surface area contributed by atoms with Crippen molar-refractivity contribution in [3.05, 3.63) is 23.8 Å². The van der Waals surface area contributed by atoms with Crippen LogP contribution in [0.15, 0.2) is 18.2 Å². The average Bonchev–Trinajstić information content (AvgIpc) is 2.98. The van der Waals surface area contributed by atoms with Crippen molar-refractivity contribution in [1.82, 2.24) is 0 Å². The van der Waals surface area contributed by atoms with Gasteiger partial charge in [-0.1, -0.05) is 26.8 Å². The molecule has 1 aromatic rings. The number of hydrogen-bond donors (Lipinski definition) is 1. The van der Waals surface area contributed by atoms with E-state index in [0.29, 0.717) is 6.54 Å². The smallest absolute Gasteiger partial charge is 0.192 e. The van der Waals surface area contributed by atoms with Crippen molar-refractivity contribution in [1.29, 1.82) is 0 Å². The van der Waals surface area contributed by atoms with E-state index in [1.54, 1.807) is 7.11 Å². The van der Waals surface area contributed by atoms with Gasteiger partial charge in [0.15, 0.2) is 19.8 Å². The number of fused-ring (bicyclic) bond motifs is 3. The zero-order valence-electron chi connectivity index (χ0n) is 18.3. The number of aliphatic hydroxyl groups is 1. The van der Waals surface area contributed by atoms with Gasteiger partial charge in [-0.05, 0) is 36.7 Å². The van der Waals surface area contributed by atoms with Crippen LogP contribution < -0.4 is 14.4 Å². The van der Waals surface area contributed by atoms with Crippen LogP contribution in [-0.4, -0.2) is 52.9 Å². The van der Waals surface area contributed by atoms with Crippen LogP contribution >= 0.6 is 0 Å². The summed E-state index contributed by atoms with van der Waals surface area (Å²) in [5.74, 6) is 1.57. The van der Waals surface area contributed by atoms with Crippen molar-refractivity contribution in [2.24, 2.45) is 0 Å². The number of likely N-dealkylation sites (N-methyl/N-ethyl adjacent to an activating group) is 1. The van der Waals surface area contributed by atoms with Gasteiger partial charge in [-0.15, -0.1) is 0 Å². The van der Waals surface area contributed by atoms with Crippen molar-refractivity contribution < 1.29 is 19.0 Å². The molecular formula is C22H35NO4Si. The molecule has 0 bridgehead atoms. The molecule has 0 saturated heterocycles. The molecule has 6 heteroatoms. The fourth-order valence-electron chi connectivity index (χ4n) is 3.76. The number of methoxy groups -OCH3 is 1. The van der Waals surface area contributed by atoms with Gasteiger partial charge in [-0.2, -0.15) is 0 Å². The number of hydrogen-bond acceptors (Lipinski definition) is 5. The van der Waals surface area contributed by atoms with Crippen molar-refractivity contribution in [2.75, 3.05) is 32.2 Å². The summed E-state index contributed by atoms with van der Waals surface area (Å²) in [6.45, 7) is 12.1. The second-order valence-corrected chi connectivity index (χ2v) is 14.1. The summed E-state index contributed by atoms with van der Waals surface area (Å²) in [6, 6.07) is 4.00. The second kappa shape index (κ2) is 7.73. The molecule has 3 rings (SSSR count). The van der Waals surface area contributed by atoms with Crippen LogP contribution in [0.4, 0.5) is 5.69 Å². The monoisotopic (exact) mass is 405 g/mol. The fourth-order valence-corrected chi connectivity index (χ4v) is 5.14. The Balaban J connectivity index is 1.89. The summed E-state index contributed by atoms with van der Waals surface area (Å²) in [5, 5.41) is 9.56. The lowest BCUT2D eigenvalue weighted by Crippen LogP contribution is -2.45. The summed E-state index contributed by atoms with van der Waals surface area (Å²) in [7, 11) is 1.86. The van der Waals surface area contributed by atoms with Crippen molar-refractivity contribution in [2.45, 2.75) is 64.0 Å². The Hall–Kier alpha value is -1.50. The number of aliphatic hydroxyl groups excluding tert-OH is 1. The maximum atomic E-state index is 9.36. The van der Waals surface area contributed by atoms with E-state index in [2.05, 4.69) is 50.9 Å². The Morgan fingerprint density at radius 3 is 2.61 bits per heavy atom. The van der Waals surface area contributed by atoms with E-state index in [-0.39, 0.29) is 23.9 Å². The molecule has 2 atom stereocenters. The molecule has 1 aliphatic heterocycles. The minimum absolute atomic E-state index is 0.00362. The molecule has 0 spiro atoms. The van der Waals surface area contributed by atoms with Crippen LogP contribution in [0, 0.1) is 0 Å². The third-order valence-corrected chi connectivity index (χ3v) is 10.9. The Bertz CT molecular complexity index is 754. The highest BCUT2D eigenvalue weighted by Crippen LogP contribution is 2.51. The first-order valence-electron chi connectivity index (χ1n) is 10.2. The van der Waals surface area contributed by atoms with Crippen molar-refractivity contribution >= 4 is 19.6 Å². The van der Waals surface area contributed by atoms with Gasteiger partial charge in [-0.3, -0.25) is 0 Å². The SMILES string of the molecule is COc1ccc(N(C)CCO)c2c1OC1CC(O[Si](C)(C)C(C)(C)C)CC=C21. The molecule has 1 aliphatic carbocycles. The van der Waals surface area contributed by atoms with Gasteiger partial charge in [0.25, 0.3) is 0 Å². The lowest BCUT2D eigenvalue weighted by atomic mass is 9.90. The Morgan fingerprint density at radius 1 is 1.29 bits per heavy atom. The van der Waals surface area contributed by atoms with E-state index < -0.39 is 8.32 Å². The molecule has 1 aromatic carbocycles. The van der Waals surface area contributed by atoms with Crippen LogP contribution in [0.1, 0.15) is 39.2 Å². The van der Waals surface area contributed by atoms with Gasteiger partial charge >= 0.3 is 0 Å². The number of nitrogens with zero attached hydrogens (tertiary/aromatic N) is 1. The fraction of sp³-hybridized carbons (Fsp3) is 0.636. The van der Waals surface area contributed by atoms with Crippen LogP contribution in [0.2, 0.25) is 18.1 Å². The van der Waals surface area contributed by atoms with Gasteiger partial charge < -0.3 is 23.9 Å². The summed E-state index contributed by atoms with van der Waals surface area (Å²) in [5.41, 5.74) is 3.40. The molecule has 28 heavy (non-hydrogen) atoms. The molecule has 0 fully saturated rings. The quantitative estimate of drug-likeness (QED) is 0.709. The molecule has 2 aliphatic rings. The molecule has 0 amide bonds. The molecule has 1 N–H and O–H groups in total. The maximum absolute atomic E-state index is 9.36. The third-order valence-electron chi connectivity index (χ3n) is 6.41.